The zero-order valence-electron chi connectivity index (χ0n) is 17.4. The van der Waals surface area contributed by atoms with Gasteiger partial charge in [0.1, 0.15) is 17.6 Å². The Morgan fingerprint density at radius 1 is 1.38 bits per heavy atom. The van der Waals surface area contributed by atoms with E-state index in [9.17, 15) is 4.79 Å². The van der Waals surface area contributed by atoms with Crippen LogP contribution >= 0.6 is 11.8 Å². The van der Waals surface area contributed by atoms with Gasteiger partial charge in [0.2, 0.25) is 5.91 Å². The van der Waals surface area contributed by atoms with Crippen LogP contribution in [-0.4, -0.2) is 60.3 Å². The number of hydrogen-bond acceptors (Lipinski definition) is 5. The van der Waals surface area contributed by atoms with Gasteiger partial charge in [-0.15, -0.1) is 0 Å². The number of rotatable bonds is 7. The number of fused-ring (bicyclic) bond motifs is 1. The van der Waals surface area contributed by atoms with Crippen molar-refractivity contribution < 1.29 is 19.0 Å². The summed E-state index contributed by atoms with van der Waals surface area (Å²) in [6.45, 7) is 6.15. The molecule has 6 heteroatoms. The lowest BCUT2D eigenvalue weighted by atomic mass is 10.1. The minimum absolute atomic E-state index is 0.0604. The predicted molar refractivity (Wildman–Crippen MR) is 117 cm³/mol. The van der Waals surface area contributed by atoms with Crippen molar-refractivity contribution in [2.24, 2.45) is 0 Å². The third kappa shape index (κ3) is 4.92. The van der Waals surface area contributed by atoms with Crippen LogP contribution in [0.25, 0.3) is 6.08 Å². The number of thioether (sulfide) groups is 1. The second-order valence-corrected chi connectivity index (χ2v) is 9.19. The van der Waals surface area contributed by atoms with Crippen molar-refractivity contribution in [3.8, 4) is 11.5 Å². The van der Waals surface area contributed by atoms with Crippen LogP contribution in [0.5, 0.6) is 11.5 Å². The average Bonchev–Trinajstić information content (AvgIpc) is 3.45. The van der Waals surface area contributed by atoms with E-state index in [1.54, 1.807) is 6.08 Å². The van der Waals surface area contributed by atoms with Crippen LogP contribution in [0.3, 0.4) is 0 Å². The number of hydrogen-bond donors (Lipinski definition) is 0. The molecule has 1 aromatic rings. The summed E-state index contributed by atoms with van der Waals surface area (Å²) in [5, 5.41) is 0. The number of ether oxygens (including phenoxy) is 3. The summed E-state index contributed by atoms with van der Waals surface area (Å²) in [7, 11) is 0. The Hall–Kier alpha value is -1.66. The normalized spacial score (nSPS) is 25.9. The van der Waals surface area contributed by atoms with Gasteiger partial charge in [0, 0.05) is 48.6 Å². The maximum atomic E-state index is 13.1. The van der Waals surface area contributed by atoms with Gasteiger partial charge in [-0.25, -0.2) is 0 Å². The first-order chi connectivity index (χ1) is 14.1. The second-order valence-electron chi connectivity index (χ2n) is 8.04. The van der Waals surface area contributed by atoms with Gasteiger partial charge in [0.05, 0.1) is 12.7 Å². The molecule has 0 bridgehead atoms. The van der Waals surface area contributed by atoms with Crippen LogP contribution in [0.2, 0.25) is 0 Å². The fourth-order valence-electron chi connectivity index (χ4n) is 4.32. The first-order valence-electron chi connectivity index (χ1n) is 10.8. The van der Waals surface area contributed by atoms with Gasteiger partial charge in [-0.2, -0.15) is 11.8 Å². The van der Waals surface area contributed by atoms with E-state index in [0.29, 0.717) is 19.2 Å². The Morgan fingerprint density at radius 3 is 3.00 bits per heavy atom. The van der Waals surface area contributed by atoms with E-state index < -0.39 is 0 Å². The molecule has 1 amide bonds. The van der Waals surface area contributed by atoms with E-state index >= 15 is 0 Å². The van der Waals surface area contributed by atoms with E-state index in [-0.39, 0.29) is 18.1 Å². The van der Waals surface area contributed by atoms with Crippen molar-refractivity contribution in [3.05, 3.63) is 29.3 Å². The van der Waals surface area contributed by atoms with Crippen LogP contribution in [0.15, 0.2) is 18.2 Å². The molecule has 1 aromatic carbocycles. The van der Waals surface area contributed by atoms with E-state index in [4.69, 9.17) is 14.2 Å². The smallest absolute Gasteiger partial charge is 0.246 e. The van der Waals surface area contributed by atoms with Gasteiger partial charge in [0.25, 0.3) is 0 Å². The van der Waals surface area contributed by atoms with Crippen LogP contribution in [0.1, 0.15) is 44.2 Å². The second kappa shape index (κ2) is 9.43. The third-order valence-corrected chi connectivity index (χ3v) is 6.93. The molecule has 2 fully saturated rings. The highest BCUT2D eigenvalue weighted by Gasteiger charge is 2.29. The van der Waals surface area contributed by atoms with Crippen molar-refractivity contribution in [2.75, 3.05) is 31.3 Å². The van der Waals surface area contributed by atoms with Crippen molar-refractivity contribution in [3.63, 3.8) is 0 Å². The molecule has 4 rings (SSSR count). The molecule has 158 valence electrons. The molecule has 5 nitrogen and oxygen atoms in total. The highest BCUT2D eigenvalue weighted by molar-refractivity contribution is 7.99. The molecule has 0 aromatic heterocycles. The highest BCUT2D eigenvalue weighted by atomic mass is 32.2. The van der Waals surface area contributed by atoms with Gasteiger partial charge < -0.3 is 19.1 Å². The molecular formula is C23H31NO4S. The first kappa shape index (κ1) is 20.6. The molecule has 0 radical (unpaired) electrons. The fourth-order valence-corrected chi connectivity index (χ4v) is 5.54. The minimum Gasteiger partial charge on any atom is -0.493 e. The Kier molecular flexibility index (Phi) is 6.70. The topological polar surface area (TPSA) is 48.0 Å². The number of amides is 1. The molecule has 0 saturated carbocycles. The molecular weight excluding hydrogens is 386 g/mol. The minimum atomic E-state index is 0.0604. The number of nitrogens with zero attached hydrogens (tertiary/aromatic N) is 1. The first-order valence-corrected chi connectivity index (χ1v) is 11.9. The summed E-state index contributed by atoms with van der Waals surface area (Å²) in [6.07, 6.45) is 8.02. The van der Waals surface area contributed by atoms with Crippen LogP contribution in [-0.2, 0) is 16.0 Å². The van der Waals surface area contributed by atoms with Crippen molar-refractivity contribution >= 4 is 23.7 Å². The fraction of sp³-hybridized carbons (Fsp3) is 0.609. The summed E-state index contributed by atoms with van der Waals surface area (Å²) in [6, 6.07) is 4.37. The molecule has 3 heterocycles. The summed E-state index contributed by atoms with van der Waals surface area (Å²) in [4.78, 5) is 15.2. The Balaban J connectivity index is 1.52. The standard InChI is InChI=1S/C23H31NO4S/c1-3-26-21-13-18-11-16(2)28-22(18)12-17(21)6-7-23(25)24(19-8-10-29-15-19)14-20-5-4-9-27-20/h6-7,12-13,16,19-20H,3-5,8-11,14-15H2,1-2H3/b7-6+. The summed E-state index contributed by atoms with van der Waals surface area (Å²) >= 11 is 1.93. The lowest BCUT2D eigenvalue weighted by molar-refractivity contribution is -0.129. The molecule has 3 aliphatic rings. The molecule has 2 saturated heterocycles. The number of benzene rings is 1. The monoisotopic (exact) mass is 417 g/mol. The van der Waals surface area contributed by atoms with E-state index in [2.05, 4.69) is 13.0 Å². The zero-order chi connectivity index (χ0) is 20.2. The van der Waals surface area contributed by atoms with E-state index in [1.165, 1.54) is 5.56 Å². The summed E-state index contributed by atoms with van der Waals surface area (Å²) in [5.74, 6) is 3.91. The van der Waals surface area contributed by atoms with Gasteiger partial charge in [-0.1, -0.05) is 0 Å². The van der Waals surface area contributed by atoms with Gasteiger partial charge in [0.15, 0.2) is 0 Å². The zero-order valence-corrected chi connectivity index (χ0v) is 18.2. The molecule has 3 unspecified atom stereocenters. The Morgan fingerprint density at radius 2 is 2.28 bits per heavy atom. The lowest BCUT2D eigenvalue weighted by Gasteiger charge is -2.29. The van der Waals surface area contributed by atoms with Gasteiger partial charge in [-0.3, -0.25) is 4.79 Å². The SMILES string of the molecule is CCOc1cc2c(cc1/C=C/C(=O)N(CC1CCCO1)C1CCSC1)OC(C)C2. The average molecular weight is 418 g/mol. The lowest BCUT2D eigenvalue weighted by Crippen LogP contribution is -2.44. The van der Waals surface area contributed by atoms with Crippen LogP contribution in [0.4, 0.5) is 0 Å². The summed E-state index contributed by atoms with van der Waals surface area (Å²) < 4.78 is 17.5. The maximum absolute atomic E-state index is 13.1. The molecule has 3 atom stereocenters. The number of carbonyl (C=O) groups is 1. The van der Waals surface area contributed by atoms with E-state index in [1.807, 2.05) is 35.7 Å². The van der Waals surface area contributed by atoms with Crippen molar-refractivity contribution in [1.29, 1.82) is 0 Å². The number of carbonyl (C=O) groups excluding carboxylic acids is 1. The summed E-state index contributed by atoms with van der Waals surface area (Å²) in [5.41, 5.74) is 2.07. The van der Waals surface area contributed by atoms with Crippen LogP contribution < -0.4 is 9.47 Å². The molecule has 0 aliphatic carbocycles. The molecule has 3 aliphatic heterocycles. The van der Waals surface area contributed by atoms with Crippen molar-refractivity contribution in [1.82, 2.24) is 4.90 Å². The molecule has 0 N–H and O–H groups in total. The van der Waals surface area contributed by atoms with Crippen LogP contribution in [0, 0.1) is 0 Å². The Labute approximate surface area is 177 Å². The highest BCUT2D eigenvalue weighted by Crippen LogP contribution is 2.36. The van der Waals surface area contributed by atoms with Crippen molar-refractivity contribution in [2.45, 2.75) is 57.8 Å². The van der Waals surface area contributed by atoms with E-state index in [0.717, 1.165) is 60.9 Å². The van der Waals surface area contributed by atoms with Gasteiger partial charge >= 0.3 is 0 Å². The Bertz CT molecular complexity index is 753. The molecule has 0 spiro atoms. The predicted octanol–water partition coefficient (Wildman–Crippen LogP) is 3.94. The largest absolute Gasteiger partial charge is 0.493 e. The van der Waals surface area contributed by atoms with Gasteiger partial charge in [-0.05, 0) is 57.1 Å². The third-order valence-electron chi connectivity index (χ3n) is 5.79. The molecule has 29 heavy (non-hydrogen) atoms. The maximum Gasteiger partial charge on any atom is 0.246 e. The quantitative estimate of drug-likeness (QED) is 0.629.